The molecule has 0 aliphatic carbocycles. The van der Waals surface area contributed by atoms with E-state index < -0.39 is 11.6 Å². The van der Waals surface area contributed by atoms with Gasteiger partial charge in [-0.15, -0.1) is 11.3 Å². The summed E-state index contributed by atoms with van der Waals surface area (Å²) in [5, 5.41) is 14.6. The van der Waals surface area contributed by atoms with Gasteiger partial charge in [0.25, 0.3) is 5.91 Å². The number of thiophene rings is 1. The largest absolute Gasteiger partial charge is 0.465 e. The summed E-state index contributed by atoms with van der Waals surface area (Å²) in [5.74, 6) is -0.771. The molecule has 0 saturated carbocycles. The minimum Gasteiger partial charge on any atom is -0.465 e. The number of hydrogen-bond donors (Lipinski definition) is 2. The Balaban J connectivity index is 1.68. The summed E-state index contributed by atoms with van der Waals surface area (Å²) in [6.45, 7) is 1.76. The molecule has 2 N–H and O–H groups in total. The van der Waals surface area contributed by atoms with E-state index in [0.717, 1.165) is 15.0 Å². The van der Waals surface area contributed by atoms with Crippen LogP contribution in [0.5, 0.6) is 0 Å². The molecule has 26 heavy (non-hydrogen) atoms. The molecule has 0 unspecified atom stereocenters. The number of nitrogens with one attached hydrogen (secondary N) is 1. The second kappa shape index (κ2) is 7.27. The molecule has 2 aromatic carbocycles. The molecule has 1 atom stereocenters. The fourth-order valence-corrected chi connectivity index (χ4v) is 3.67. The van der Waals surface area contributed by atoms with Crippen LogP contribution in [-0.2, 0) is 10.3 Å². The van der Waals surface area contributed by atoms with Crippen LogP contribution in [0, 0.1) is 0 Å². The normalized spacial score (nSPS) is 13.2. The molecule has 3 aromatic rings. The summed E-state index contributed by atoms with van der Waals surface area (Å²) in [4.78, 5) is 24.5. The minimum absolute atomic E-state index is 0.0808. The smallest absolute Gasteiger partial charge is 0.337 e. The van der Waals surface area contributed by atoms with Crippen molar-refractivity contribution in [3.63, 3.8) is 0 Å². The van der Waals surface area contributed by atoms with Crippen molar-refractivity contribution in [1.82, 2.24) is 5.32 Å². The first-order valence-electron chi connectivity index (χ1n) is 8.09. The highest BCUT2D eigenvalue weighted by Crippen LogP contribution is 2.32. The van der Waals surface area contributed by atoms with Gasteiger partial charge in [0.2, 0.25) is 0 Å². The van der Waals surface area contributed by atoms with Gasteiger partial charge in [0.05, 0.1) is 19.2 Å². The Morgan fingerprint density at radius 1 is 1.12 bits per heavy atom. The third kappa shape index (κ3) is 3.76. The number of rotatable bonds is 5. The van der Waals surface area contributed by atoms with E-state index in [1.54, 1.807) is 19.1 Å². The first-order valence-corrected chi connectivity index (χ1v) is 8.90. The Kier molecular flexibility index (Phi) is 5.06. The van der Waals surface area contributed by atoms with Crippen molar-refractivity contribution in [1.29, 1.82) is 0 Å². The van der Waals surface area contributed by atoms with E-state index in [2.05, 4.69) is 10.1 Å². The molecule has 6 heteroatoms. The van der Waals surface area contributed by atoms with E-state index >= 15 is 0 Å². The molecule has 0 spiro atoms. The zero-order valence-corrected chi connectivity index (χ0v) is 15.3. The summed E-state index contributed by atoms with van der Waals surface area (Å²) in [7, 11) is 1.30. The Morgan fingerprint density at radius 3 is 2.42 bits per heavy atom. The molecule has 3 rings (SSSR count). The number of carbonyl (C=O) groups is 2. The molecule has 1 heterocycles. The third-order valence-electron chi connectivity index (χ3n) is 4.12. The van der Waals surface area contributed by atoms with Gasteiger partial charge in [-0.2, -0.15) is 0 Å². The number of fused-ring (bicyclic) bond motifs is 1. The monoisotopic (exact) mass is 369 g/mol. The first kappa shape index (κ1) is 18.1. The van der Waals surface area contributed by atoms with Gasteiger partial charge in [-0.3, -0.25) is 4.79 Å². The summed E-state index contributed by atoms with van der Waals surface area (Å²) in [5.41, 5.74) is -0.392. The predicted molar refractivity (Wildman–Crippen MR) is 102 cm³/mol. The lowest BCUT2D eigenvalue weighted by Crippen LogP contribution is -2.38. The maximum Gasteiger partial charge on any atom is 0.337 e. The topological polar surface area (TPSA) is 75.6 Å². The summed E-state index contributed by atoms with van der Waals surface area (Å²) in [6.07, 6.45) is 0. The summed E-state index contributed by atoms with van der Waals surface area (Å²) >= 11 is 1.51. The first-order chi connectivity index (χ1) is 12.4. The van der Waals surface area contributed by atoms with E-state index in [1.807, 2.05) is 30.3 Å². The Labute approximate surface area is 155 Å². The quantitative estimate of drug-likeness (QED) is 0.677. The summed E-state index contributed by atoms with van der Waals surface area (Å²) in [6, 6.07) is 16.0. The molecule has 0 aliphatic rings. The van der Waals surface area contributed by atoms with E-state index in [0.29, 0.717) is 11.1 Å². The number of aliphatic hydroxyl groups is 1. The van der Waals surface area contributed by atoms with Crippen molar-refractivity contribution < 1.29 is 19.4 Å². The zero-order valence-electron chi connectivity index (χ0n) is 14.5. The molecular weight excluding hydrogens is 350 g/mol. The Hall–Kier alpha value is -2.70. The van der Waals surface area contributed by atoms with Crippen molar-refractivity contribution >= 4 is 33.3 Å². The maximum atomic E-state index is 12.3. The predicted octanol–water partition coefficient (Wildman–Crippen LogP) is 3.33. The van der Waals surface area contributed by atoms with Crippen LogP contribution in [-0.4, -0.2) is 30.6 Å². The number of amides is 1. The lowest BCUT2D eigenvalue weighted by molar-refractivity contribution is 0.0557. The van der Waals surface area contributed by atoms with Gasteiger partial charge in [-0.05, 0) is 48.7 Å². The van der Waals surface area contributed by atoms with Crippen LogP contribution in [0.15, 0.2) is 54.6 Å². The molecule has 134 valence electrons. The second-order valence-corrected chi connectivity index (χ2v) is 7.26. The van der Waals surface area contributed by atoms with Crippen molar-refractivity contribution in [2.75, 3.05) is 13.7 Å². The third-order valence-corrected chi connectivity index (χ3v) is 5.49. The molecule has 5 nitrogen and oxygen atoms in total. The molecule has 0 bridgehead atoms. The van der Waals surface area contributed by atoms with Crippen molar-refractivity contribution in [3.8, 4) is 0 Å². The highest BCUT2D eigenvalue weighted by atomic mass is 32.1. The van der Waals surface area contributed by atoms with Crippen molar-refractivity contribution in [2.24, 2.45) is 0 Å². The van der Waals surface area contributed by atoms with Gasteiger partial charge in [-0.25, -0.2) is 4.79 Å². The molecule has 0 radical (unpaired) electrons. The SMILES string of the molecule is COC(=O)c1ccc(C(=O)NC[C@](C)(O)c2cc3ccccc3s2)cc1. The van der Waals surface area contributed by atoms with Crippen LogP contribution in [0.4, 0.5) is 0 Å². The van der Waals surface area contributed by atoms with Crippen molar-refractivity contribution in [2.45, 2.75) is 12.5 Å². The van der Waals surface area contributed by atoms with Crippen LogP contribution in [0.3, 0.4) is 0 Å². The number of esters is 1. The Morgan fingerprint density at radius 2 is 1.77 bits per heavy atom. The second-order valence-electron chi connectivity index (χ2n) is 6.17. The van der Waals surface area contributed by atoms with Gasteiger partial charge >= 0.3 is 5.97 Å². The van der Waals surface area contributed by atoms with Crippen molar-refractivity contribution in [3.05, 3.63) is 70.6 Å². The Bertz CT molecular complexity index is 911. The maximum absolute atomic E-state index is 12.3. The molecule has 0 fully saturated rings. The molecule has 0 saturated heterocycles. The van der Waals surface area contributed by atoms with Gasteiger partial charge in [0, 0.05) is 15.1 Å². The lowest BCUT2D eigenvalue weighted by Gasteiger charge is -2.22. The number of methoxy groups -OCH3 is 1. The zero-order chi connectivity index (χ0) is 18.7. The molecule has 0 aliphatic heterocycles. The van der Waals surface area contributed by atoms with Crippen LogP contribution in [0.1, 0.15) is 32.5 Å². The van der Waals surface area contributed by atoms with E-state index in [9.17, 15) is 14.7 Å². The van der Waals surface area contributed by atoms with E-state index in [4.69, 9.17) is 0 Å². The molecular formula is C20H19NO4S. The number of hydrogen-bond acceptors (Lipinski definition) is 5. The molecule has 1 amide bonds. The average Bonchev–Trinajstić information content (AvgIpc) is 3.11. The van der Waals surface area contributed by atoms with Gasteiger partial charge in [-0.1, -0.05) is 18.2 Å². The van der Waals surface area contributed by atoms with Gasteiger partial charge in [0.1, 0.15) is 5.60 Å². The highest BCUT2D eigenvalue weighted by Gasteiger charge is 2.26. The molecule has 1 aromatic heterocycles. The number of carbonyl (C=O) groups excluding carboxylic acids is 2. The standard InChI is InChI=1S/C20H19NO4S/c1-20(24,17-11-15-5-3-4-6-16(15)26-17)12-21-18(22)13-7-9-14(10-8-13)19(23)25-2/h3-11,24H,12H2,1-2H3,(H,21,22)/t20-/m0/s1. The summed E-state index contributed by atoms with van der Waals surface area (Å²) < 4.78 is 5.72. The van der Waals surface area contributed by atoms with Crippen LogP contribution < -0.4 is 5.32 Å². The fraction of sp³-hybridized carbons (Fsp3) is 0.200. The van der Waals surface area contributed by atoms with E-state index in [1.165, 1.54) is 30.6 Å². The average molecular weight is 369 g/mol. The van der Waals surface area contributed by atoms with Gasteiger partial charge in [0.15, 0.2) is 0 Å². The van der Waals surface area contributed by atoms with Crippen LogP contribution >= 0.6 is 11.3 Å². The van der Waals surface area contributed by atoms with E-state index in [-0.39, 0.29) is 12.5 Å². The van der Waals surface area contributed by atoms with Crippen LogP contribution in [0.25, 0.3) is 10.1 Å². The number of ether oxygens (including phenoxy) is 1. The van der Waals surface area contributed by atoms with Gasteiger partial charge < -0.3 is 15.2 Å². The number of benzene rings is 2. The highest BCUT2D eigenvalue weighted by molar-refractivity contribution is 7.19. The lowest BCUT2D eigenvalue weighted by atomic mass is 10.0. The fourth-order valence-electron chi connectivity index (χ4n) is 2.56. The minimum atomic E-state index is -1.18. The van der Waals surface area contributed by atoms with Crippen LogP contribution in [0.2, 0.25) is 0 Å².